The van der Waals surface area contributed by atoms with Crippen LogP contribution in [-0.4, -0.2) is 31.1 Å². The van der Waals surface area contributed by atoms with Gasteiger partial charge in [0.2, 0.25) is 0 Å². The average Bonchev–Trinajstić information content (AvgIpc) is 2.66. The second-order valence-electron chi connectivity index (χ2n) is 6.17. The van der Waals surface area contributed by atoms with Crippen molar-refractivity contribution in [1.82, 2.24) is 10.6 Å². The molecule has 2 aromatic rings. The van der Waals surface area contributed by atoms with Crippen molar-refractivity contribution >= 4 is 35.2 Å². The normalized spacial score (nSPS) is 10.1. The summed E-state index contributed by atoms with van der Waals surface area (Å²) in [5.41, 5.74) is 3.19. The third-order valence-electron chi connectivity index (χ3n) is 3.75. The predicted octanol–water partition coefficient (Wildman–Crippen LogP) is 2.94. The van der Waals surface area contributed by atoms with Gasteiger partial charge in [-0.05, 0) is 36.6 Å². The topological polar surface area (TPSA) is 96.5 Å². The number of hydrogen-bond donors (Lipinski definition) is 3. The first-order valence-corrected chi connectivity index (χ1v) is 9.01. The largest absolute Gasteiger partial charge is 0.454 e. The van der Waals surface area contributed by atoms with Gasteiger partial charge in [0.1, 0.15) is 6.54 Å². The van der Waals surface area contributed by atoms with Gasteiger partial charge >= 0.3 is 12.0 Å². The molecule has 0 atom stereocenters. The van der Waals surface area contributed by atoms with Crippen LogP contribution in [0.2, 0.25) is 5.02 Å². The number of hydrogen-bond acceptors (Lipinski definition) is 4. The number of nitrogens with one attached hydrogen (secondary N) is 3. The maximum atomic E-state index is 12.0. The Morgan fingerprint density at radius 3 is 2.43 bits per heavy atom. The van der Waals surface area contributed by atoms with Crippen molar-refractivity contribution in [2.45, 2.75) is 20.4 Å². The van der Waals surface area contributed by atoms with E-state index in [1.165, 1.54) is 0 Å². The molecular formula is C20H22ClN3O4. The summed E-state index contributed by atoms with van der Waals surface area (Å²) >= 11 is 6.12. The Labute approximate surface area is 168 Å². The quantitative estimate of drug-likeness (QED) is 0.619. The molecule has 0 aliphatic heterocycles. The van der Waals surface area contributed by atoms with Gasteiger partial charge in [-0.1, -0.05) is 48.0 Å². The molecule has 0 aliphatic rings. The summed E-state index contributed by atoms with van der Waals surface area (Å²) in [4.78, 5) is 35.3. The van der Waals surface area contributed by atoms with Crippen LogP contribution >= 0.6 is 11.6 Å². The number of rotatable bonds is 7. The third-order valence-corrected chi connectivity index (χ3v) is 4.05. The molecule has 7 nitrogen and oxygen atoms in total. The lowest BCUT2D eigenvalue weighted by molar-refractivity contribution is -0.146. The molecule has 0 saturated heterocycles. The van der Waals surface area contributed by atoms with Gasteiger partial charge in [0, 0.05) is 6.54 Å². The van der Waals surface area contributed by atoms with E-state index in [-0.39, 0.29) is 6.54 Å². The maximum Gasteiger partial charge on any atom is 0.325 e. The van der Waals surface area contributed by atoms with Gasteiger partial charge in [-0.25, -0.2) is 4.79 Å². The second-order valence-corrected chi connectivity index (χ2v) is 6.58. The SMILES string of the molecule is Cc1cc(C)c(NC(=O)COC(=O)CNC(=O)NCc2ccccc2)c(Cl)c1. The number of urea groups is 1. The lowest BCUT2D eigenvalue weighted by Gasteiger charge is -2.12. The minimum Gasteiger partial charge on any atom is -0.454 e. The molecule has 0 saturated carbocycles. The minimum atomic E-state index is -0.725. The third kappa shape index (κ3) is 6.92. The number of carbonyl (C=O) groups excluding carboxylic acids is 3. The summed E-state index contributed by atoms with van der Waals surface area (Å²) in [7, 11) is 0. The molecule has 3 N–H and O–H groups in total. The first kappa shape index (κ1) is 21.2. The fourth-order valence-corrected chi connectivity index (χ4v) is 2.81. The Balaban J connectivity index is 1.69. The zero-order valence-corrected chi connectivity index (χ0v) is 16.4. The minimum absolute atomic E-state index is 0.334. The number of anilines is 1. The van der Waals surface area contributed by atoms with E-state index >= 15 is 0 Å². The summed E-state index contributed by atoms with van der Waals surface area (Å²) in [5, 5.41) is 8.02. The van der Waals surface area contributed by atoms with Crippen molar-refractivity contribution in [1.29, 1.82) is 0 Å². The molecule has 0 bridgehead atoms. The van der Waals surface area contributed by atoms with Crippen LogP contribution in [0.4, 0.5) is 10.5 Å². The van der Waals surface area contributed by atoms with E-state index in [1.807, 2.05) is 50.2 Å². The number of aryl methyl sites for hydroxylation is 2. The molecule has 0 fully saturated rings. The Kier molecular flexibility index (Phi) is 7.83. The number of esters is 1. The van der Waals surface area contributed by atoms with Gasteiger partial charge in [0.25, 0.3) is 5.91 Å². The fourth-order valence-electron chi connectivity index (χ4n) is 2.44. The summed E-state index contributed by atoms with van der Waals surface area (Å²) in [6.07, 6.45) is 0. The first-order valence-electron chi connectivity index (χ1n) is 8.63. The van der Waals surface area contributed by atoms with Gasteiger partial charge in [-0.2, -0.15) is 0 Å². The van der Waals surface area contributed by atoms with Crippen molar-refractivity contribution < 1.29 is 19.1 Å². The highest BCUT2D eigenvalue weighted by atomic mass is 35.5. The van der Waals surface area contributed by atoms with Crippen LogP contribution < -0.4 is 16.0 Å². The van der Waals surface area contributed by atoms with Crippen LogP contribution in [-0.2, 0) is 20.9 Å². The van der Waals surface area contributed by atoms with Crippen LogP contribution in [0.3, 0.4) is 0 Å². The van der Waals surface area contributed by atoms with Crippen molar-refractivity contribution in [2.75, 3.05) is 18.5 Å². The number of ether oxygens (including phenoxy) is 1. The molecule has 0 spiro atoms. The highest BCUT2D eigenvalue weighted by molar-refractivity contribution is 6.34. The summed E-state index contributed by atoms with van der Waals surface area (Å²) in [6.45, 7) is 3.22. The summed E-state index contributed by atoms with van der Waals surface area (Å²) < 4.78 is 4.86. The van der Waals surface area contributed by atoms with Crippen LogP contribution in [0.15, 0.2) is 42.5 Å². The van der Waals surface area contributed by atoms with E-state index < -0.39 is 24.5 Å². The molecule has 0 aromatic heterocycles. The van der Waals surface area contributed by atoms with Crippen LogP contribution in [0.5, 0.6) is 0 Å². The van der Waals surface area contributed by atoms with Crippen LogP contribution in [0.25, 0.3) is 0 Å². The molecule has 0 radical (unpaired) electrons. The predicted molar refractivity (Wildman–Crippen MR) is 107 cm³/mol. The van der Waals surface area contributed by atoms with E-state index in [2.05, 4.69) is 16.0 Å². The molecule has 8 heteroatoms. The zero-order valence-electron chi connectivity index (χ0n) is 15.7. The smallest absolute Gasteiger partial charge is 0.325 e. The van der Waals surface area contributed by atoms with E-state index in [0.717, 1.165) is 16.7 Å². The van der Waals surface area contributed by atoms with Gasteiger partial charge in [-0.15, -0.1) is 0 Å². The Morgan fingerprint density at radius 2 is 1.75 bits per heavy atom. The molecule has 0 aliphatic carbocycles. The van der Waals surface area contributed by atoms with Gasteiger partial charge in [0.15, 0.2) is 6.61 Å². The number of amides is 3. The number of carbonyl (C=O) groups is 3. The van der Waals surface area contributed by atoms with Gasteiger partial charge in [-0.3, -0.25) is 9.59 Å². The Bertz CT molecular complexity index is 833. The van der Waals surface area contributed by atoms with Crippen LogP contribution in [0, 0.1) is 13.8 Å². The van der Waals surface area contributed by atoms with E-state index in [4.69, 9.17) is 16.3 Å². The van der Waals surface area contributed by atoms with Crippen LogP contribution in [0.1, 0.15) is 16.7 Å². The molecule has 148 valence electrons. The Morgan fingerprint density at radius 1 is 1.04 bits per heavy atom. The summed E-state index contributed by atoms with van der Waals surface area (Å²) in [5.74, 6) is -1.24. The molecule has 0 heterocycles. The molecule has 2 rings (SSSR count). The zero-order chi connectivity index (χ0) is 20.5. The van der Waals surface area contributed by atoms with E-state index in [9.17, 15) is 14.4 Å². The van der Waals surface area contributed by atoms with Crippen molar-refractivity contribution in [3.63, 3.8) is 0 Å². The fraction of sp³-hybridized carbons (Fsp3) is 0.250. The average molecular weight is 404 g/mol. The molecule has 28 heavy (non-hydrogen) atoms. The summed E-state index contributed by atoms with van der Waals surface area (Å²) in [6, 6.07) is 12.5. The maximum absolute atomic E-state index is 12.0. The lowest BCUT2D eigenvalue weighted by Crippen LogP contribution is -2.39. The van der Waals surface area contributed by atoms with Crippen molar-refractivity contribution in [3.05, 3.63) is 64.2 Å². The van der Waals surface area contributed by atoms with Crippen molar-refractivity contribution in [2.24, 2.45) is 0 Å². The lowest BCUT2D eigenvalue weighted by atomic mass is 10.1. The number of halogens is 1. The van der Waals surface area contributed by atoms with Crippen molar-refractivity contribution in [3.8, 4) is 0 Å². The molecule has 3 amide bonds. The van der Waals surface area contributed by atoms with E-state index in [1.54, 1.807) is 6.07 Å². The number of benzene rings is 2. The standard InChI is InChI=1S/C20H22ClN3O4/c1-13-8-14(2)19(16(21)9-13)24-17(25)12-28-18(26)11-23-20(27)22-10-15-6-4-3-5-7-15/h3-9H,10-12H2,1-2H3,(H,24,25)(H2,22,23,27). The first-order chi connectivity index (χ1) is 13.3. The Hall–Kier alpha value is -3.06. The van der Waals surface area contributed by atoms with Gasteiger partial charge < -0.3 is 20.7 Å². The highest BCUT2D eigenvalue weighted by Crippen LogP contribution is 2.27. The van der Waals surface area contributed by atoms with Gasteiger partial charge in [0.05, 0.1) is 10.7 Å². The second kappa shape index (κ2) is 10.3. The monoisotopic (exact) mass is 403 g/mol. The highest BCUT2D eigenvalue weighted by Gasteiger charge is 2.12. The molecule has 2 aromatic carbocycles. The van der Waals surface area contributed by atoms with E-state index in [0.29, 0.717) is 17.3 Å². The molecule has 0 unspecified atom stereocenters. The molecular weight excluding hydrogens is 382 g/mol.